The first-order chi connectivity index (χ1) is 9.76. The molecule has 0 atom stereocenters. The Morgan fingerprint density at radius 1 is 1.35 bits per heavy atom. The molecule has 2 heterocycles. The maximum atomic E-state index is 6.24. The van der Waals surface area contributed by atoms with E-state index in [9.17, 15) is 0 Å². The van der Waals surface area contributed by atoms with Gasteiger partial charge in [-0.15, -0.1) is 0 Å². The first kappa shape index (κ1) is 14.6. The van der Waals surface area contributed by atoms with Crippen molar-refractivity contribution in [3.8, 4) is 5.19 Å². The van der Waals surface area contributed by atoms with E-state index in [4.69, 9.17) is 16.3 Å². The van der Waals surface area contributed by atoms with E-state index in [0.717, 1.165) is 30.4 Å². The molecule has 1 saturated carbocycles. The minimum Gasteiger partial charge on any atom is -0.473 e. The summed E-state index contributed by atoms with van der Waals surface area (Å²) in [5, 5.41) is 4.73. The van der Waals surface area contributed by atoms with Gasteiger partial charge in [-0.2, -0.15) is 4.98 Å². The molecule has 2 fully saturated rings. The summed E-state index contributed by atoms with van der Waals surface area (Å²) in [4.78, 5) is 8.01. The van der Waals surface area contributed by atoms with Crippen LogP contribution in [-0.4, -0.2) is 42.7 Å². The number of hydrogen-bond acceptors (Lipinski definition) is 5. The molecule has 1 N–H and O–H groups in total. The summed E-state index contributed by atoms with van der Waals surface area (Å²) in [6, 6.07) is 0.681. The van der Waals surface area contributed by atoms with Crippen molar-refractivity contribution in [3.63, 3.8) is 0 Å². The van der Waals surface area contributed by atoms with E-state index in [1.165, 1.54) is 32.2 Å². The lowest BCUT2D eigenvalue weighted by Gasteiger charge is -2.34. The average molecular weight is 316 g/mol. The van der Waals surface area contributed by atoms with Gasteiger partial charge >= 0.3 is 0 Å². The molecule has 4 nitrogen and oxygen atoms in total. The predicted octanol–water partition coefficient (Wildman–Crippen LogP) is 2.77. The highest BCUT2D eigenvalue weighted by atomic mass is 35.5. The molecule has 1 saturated heterocycles. The lowest BCUT2D eigenvalue weighted by Crippen LogP contribution is -2.43. The summed E-state index contributed by atoms with van der Waals surface area (Å²) in [5.74, 6) is 0.901. The van der Waals surface area contributed by atoms with Crippen molar-refractivity contribution in [2.24, 2.45) is 5.92 Å². The molecule has 0 bridgehead atoms. The van der Waals surface area contributed by atoms with Crippen molar-refractivity contribution >= 4 is 22.9 Å². The number of hydrogen-bond donors (Lipinski definition) is 1. The highest BCUT2D eigenvalue weighted by Crippen LogP contribution is 2.34. The molecule has 6 heteroatoms. The van der Waals surface area contributed by atoms with Crippen LogP contribution in [0.3, 0.4) is 0 Å². The summed E-state index contributed by atoms with van der Waals surface area (Å²) in [6.45, 7) is 4.39. The van der Waals surface area contributed by atoms with Gasteiger partial charge in [0.15, 0.2) is 0 Å². The van der Waals surface area contributed by atoms with Gasteiger partial charge in [-0.3, -0.25) is 4.90 Å². The van der Waals surface area contributed by atoms with E-state index >= 15 is 0 Å². The van der Waals surface area contributed by atoms with Gasteiger partial charge in [-0.25, -0.2) is 0 Å². The highest BCUT2D eigenvalue weighted by Gasteiger charge is 2.29. The Balaban J connectivity index is 1.68. The lowest BCUT2D eigenvalue weighted by molar-refractivity contribution is 0.148. The maximum Gasteiger partial charge on any atom is 0.274 e. The van der Waals surface area contributed by atoms with Crippen LogP contribution in [0.5, 0.6) is 5.19 Å². The largest absolute Gasteiger partial charge is 0.473 e. The Morgan fingerprint density at radius 3 is 2.70 bits per heavy atom. The molecule has 0 aromatic carbocycles. The number of aromatic nitrogens is 1. The number of methoxy groups -OCH3 is 1. The quantitative estimate of drug-likeness (QED) is 0.876. The third kappa shape index (κ3) is 3.64. The van der Waals surface area contributed by atoms with Crippen LogP contribution in [0, 0.1) is 5.92 Å². The van der Waals surface area contributed by atoms with Gasteiger partial charge in [0, 0.05) is 19.1 Å². The van der Waals surface area contributed by atoms with E-state index in [1.807, 2.05) is 0 Å². The van der Waals surface area contributed by atoms with Crippen LogP contribution in [0.4, 0.5) is 0 Å². The summed E-state index contributed by atoms with van der Waals surface area (Å²) in [5.41, 5.74) is 0. The summed E-state index contributed by atoms with van der Waals surface area (Å²) in [7, 11) is 1.65. The third-order valence-corrected chi connectivity index (χ3v) is 5.59. The van der Waals surface area contributed by atoms with E-state index in [0.29, 0.717) is 16.4 Å². The standard InChI is InChI=1S/C14H22ClN3OS/c1-19-14-17-13(15)12(20-14)9-18(8-10-2-3-10)11-4-6-16-7-5-11/h10-11,16H,2-9H2,1H3. The number of piperidine rings is 1. The van der Waals surface area contributed by atoms with Crippen LogP contribution in [0.15, 0.2) is 0 Å². The molecule has 20 heavy (non-hydrogen) atoms. The Bertz CT molecular complexity index is 444. The van der Waals surface area contributed by atoms with E-state index < -0.39 is 0 Å². The fraction of sp³-hybridized carbons (Fsp3) is 0.786. The zero-order valence-electron chi connectivity index (χ0n) is 11.9. The van der Waals surface area contributed by atoms with Crippen molar-refractivity contribution in [1.29, 1.82) is 0 Å². The number of ether oxygens (including phenoxy) is 1. The molecule has 0 amide bonds. The molecule has 0 spiro atoms. The van der Waals surface area contributed by atoms with Gasteiger partial charge in [0.2, 0.25) is 0 Å². The number of thiazole rings is 1. The van der Waals surface area contributed by atoms with Gasteiger partial charge in [0.05, 0.1) is 12.0 Å². The van der Waals surface area contributed by atoms with Crippen molar-refractivity contribution in [3.05, 3.63) is 10.0 Å². The van der Waals surface area contributed by atoms with E-state index in [1.54, 1.807) is 18.4 Å². The summed E-state index contributed by atoms with van der Waals surface area (Å²) in [6.07, 6.45) is 5.25. The SMILES string of the molecule is COc1nc(Cl)c(CN(CC2CC2)C2CCNCC2)s1. The first-order valence-electron chi connectivity index (χ1n) is 7.40. The Hall–Kier alpha value is -0.360. The zero-order chi connectivity index (χ0) is 13.9. The molecule has 0 unspecified atom stereocenters. The van der Waals surface area contributed by atoms with Crippen LogP contribution in [0.1, 0.15) is 30.6 Å². The second-order valence-corrected chi connectivity index (χ2v) is 7.16. The number of halogens is 1. The second kappa shape index (κ2) is 6.60. The van der Waals surface area contributed by atoms with Crippen molar-refractivity contribution in [1.82, 2.24) is 15.2 Å². The molecule has 112 valence electrons. The average Bonchev–Trinajstić information content (AvgIpc) is 3.22. The molecule has 1 aromatic rings. The number of rotatable bonds is 6. The molecule has 1 aliphatic carbocycles. The van der Waals surface area contributed by atoms with Gasteiger partial charge in [-0.05, 0) is 44.7 Å². The molecule has 0 radical (unpaired) electrons. The minimum absolute atomic E-state index is 0.613. The topological polar surface area (TPSA) is 37.4 Å². The fourth-order valence-electron chi connectivity index (χ4n) is 2.83. The van der Waals surface area contributed by atoms with Crippen LogP contribution in [-0.2, 0) is 6.54 Å². The van der Waals surface area contributed by atoms with Gasteiger partial charge in [0.1, 0.15) is 5.15 Å². The first-order valence-corrected chi connectivity index (χ1v) is 8.59. The third-order valence-electron chi connectivity index (χ3n) is 4.17. The number of nitrogens with zero attached hydrogens (tertiary/aromatic N) is 2. The van der Waals surface area contributed by atoms with Gasteiger partial charge in [-0.1, -0.05) is 22.9 Å². The fourth-order valence-corrected chi connectivity index (χ4v) is 3.92. The van der Waals surface area contributed by atoms with Crippen molar-refractivity contribution in [2.75, 3.05) is 26.7 Å². The second-order valence-electron chi connectivity index (χ2n) is 5.75. The molecular weight excluding hydrogens is 294 g/mol. The van der Waals surface area contributed by atoms with E-state index in [-0.39, 0.29) is 0 Å². The highest BCUT2D eigenvalue weighted by molar-refractivity contribution is 7.13. The number of nitrogens with one attached hydrogen (secondary N) is 1. The van der Waals surface area contributed by atoms with Crippen LogP contribution < -0.4 is 10.1 Å². The van der Waals surface area contributed by atoms with Crippen LogP contribution in [0.25, 0.3) is 0 Å². The van der Waals surface area contributed by atoms with Crippen LogP contribution in [0.2, 0.25) is 5.15 Å². The molecule has 3 rings (SSSR count). The normalized spacial score (nSPS) is 20.6. The van der Waals surface area contributed by atoms with Gasteiger partial charge in [0.25, 0.3) is 5.19 Å². The predicted molar refractivity (Wildman–Crippen MR) is 82.7 cm³/mol. The maximum absolute atomic E-state index is 6.24. The Morgan fingerprint density at radius 2 is 2.10 bits per heavy atom. The smallest absolute Gasteiger partial charge is 0.274 e. The van der Waals surface area contributed by atoms with Crippen molar-refractivity contribution in [2.45, 2.75) is 38.3 Å². The Labute approximate surface area is 129 Å². The lowest BCUT2D eigenvalue weighted by atomic mass is 10.0. The molecular formula is C14H22ClN3OS. The van der Waals surface area contributed by atoms with Crippen LogP contribution >= 0.6 is 22.9 Å². The molecule has 1 aromatic heterocycles. The van der Waals surface area contributed by atoms with Crippen molar-refractivity contribution < 1.29 is 4.74 Å². The zero-order valence-corrected chi connectivity index (χ0v) is 13.5. The minimum atomic E-state index is 0.613. The van der Waals surface area contributed by atoms with Gasteiger partial charge < -0.3 is 10.1 Å². The Kier molecular flexibility index (Phi) is 4.81. The summed E-state index contributed by atoms with van der Waals surface area (Å²) < 4.78 is 5.19. The van der Waals surface area contributed by atoms with E-state index in [2.05, 4.69) is 15.2 Å². The summed E-state index contributed by atoms with van der Waals surface area (Å²) >= 11 is 7.82. The molecule has 1 aliphatic heterocycles. The molecule has 2 aliphatic rings. The monoisotopic (exact) mass is 315 g/mol.